The van der Waals surface area contributed by atoms with Crippen LogP contribution < -0.4 is 15.1 Å². The number of carbonyl (C=O) groups excluding carboxylic acids is 1. The highest BCUT2D eigenvalue weighted by Gasteiger charge is 2.24. The van der Waals surface area contributed by atoms with Crippen LogP contribution in [0.2, 0.25) is 0 Å². The number of hydrogen-bond donors (Lipinski definition) is 1. The molecule has 0 saturated heterocycles. The van der Waals surface area contributed by atoms with Crippen LogP contribution in [0, 0.1) is 5.21 Å². The van der Waals surface area contributed by atoms with Gasteiger partial charge in [0.25, 0.3) is 11.6 Å². The Labute approximate surface area is 170 Å². The van der Waals surface area contributed by atoms with Gasteiger partial charge in [-0.25, -0.2) is 5.43 Å². The topological polar surface area (TPSA) is 117 Å². The second kappa shape index (κ2) is 8.65. The summed E-state index contributed by atoms with van der Waals surface area (Å²) in [7, 11) is 0. The first kappa shape index (κ1) is 18.8. The molecule has 0 radical (unpaired) electrons. The third kappa shape index (κ3) is 4.14. The largest absolute Gasteiger partial charge is 0.415 e. The fourth-order valence-electron chi connectivity index (χ4n) is 2.64. The number of aromatic nitrogens is 3. The van der Waals surface area contributed by atoms with E-state index in [4.69, 9.17) is 9.37 Å². The Bertz CT molecular complexity index is 1180. The second-order valence-corrected chi connectivity index (χ2v) is 6.02. The van der Waals surface area contributed by atoms with E-state index in [2.05, 4.69) is 20.7 Å². The predicted octanol–water partition coefficient (Wildman–Crippen LogP) is 2.93. The molecule has 0 aliphatic carbocycles. The van der Waals surface area contributed by atoms with Crippen molar-refractivity contribution in [3.8, 4) is 22.9 Å². The van der Waals surface area contributed by atoms with Crippen molar-refractivity contribution >= 4 is 12.1 Å². The Morgan fingerprint density at radius 2 is 1.80 bits per heavy atom. The molecule has 148 valence electrons. The second-order valence-electron chi connectivity index (χ2n) is 6.02. The maximum atomic E-state index is 12.1. The molecule has 0 unspecified atom stereocenters. The average molecular weight is 401 g/mol. The number of nitrogens with one attached hydrogen (secondary N) is 1. The van der Waals surface area contributed by atoms with Gasteiger partial charge in [0.05, 0.1) is 11.4 Å². The highest BCUT2D eigenvalue weighted by atomic mass is 16.8. The molecule has 0 fully saturated rings. The normalized spacial score (nSPS) is 10.8. The molecular formula is C21H15N5O4. The van der Waals surface area contributed by atoms with Crippen LogP contribution in [-0.2, 0) is 0 Å². The molecule has 0 bridgehead atoms. The Hall–Kier alpha value is -4.53. The van der Waals surface area contributed by atoms with E-state index in [0.29, 0.717) is 22.4 Å². The predicted molar refractivity (Wildman–Crippen MR) is 107 cm³/mol. The smallest absolute Gasteiger partial charge is 0.408 e. The number of nitrogens with zero attached hydrogens (tertiary/aromatic N) is 4. The van der Waals surface area contributed by atoms with E-state index in [-0.39, 0.29) is 22.4 Å². The van der Waals surface area contributed by atoms with Crippen LogP contribution in [0.1, 0.15) is 15.9 Å². The van der Waals surface area contributed by atoms with E-state index in [0.717, 1.165) is 0 Å². The van der Waals surface area contributed by atoms with Crippen LogP contribution in [0.15, 0.2) is 88.9 Å². The zero-order chi connectivity index (χ0) is 20.8. The van der Waals surface area contributed by atoms with Gasteiger partial charge in [-0.15, -0.1) is 0 Å². The fraction of sp³-hybridized carbons (Fsp3) is 0. The number of amides is 1. The van der Waals surface area contributed by atoms with Gasteiger partial charge in [-0.1, -0.05) is 42.5 Å². The highest BCUT2D eigenvalue weighted by molar-refractivity contribution is 5.95. The van der Waals surface area contributed by atoms with Crippen molar-refractivity contribution < 1.29 is 19.1 Å². The zero-order valence-corrected chi connectivity index (χ0v) is 15.5. The van der Waals surface area contributed by atoms with E-state index >= 15 is 0 Å². The first-order valence-corrected chi connectivity index (χ1v) is 8.88. The summed E-state index contributed by atoms with van der Waals surface area (Å²) in [5, 5.41) is 19.7. The molecule has 2 aromatic heterocycles. The molecule has 2 heterocycles. The molecule has 0 saturated carbocycles. The van der Waals surface area contributed by atoms with Crippen molar-refractivity contribution in [3.63, 3.8) is 0 Å². The number of para-hydroxylation sites is 1. The molecule has 9 nitrogen and oxygen atoms in total. The van der Waals surface area contributed by atoms with Gasteiger partial charge < -0.3 is 9.94 Å². The summed E-state index contributed by atoms with van der Waals surface area (Å²) in [5.41, 5.74) is 4.18. The SMILES string of the molecule is O=C(N/N=C/c1ccccc1Oc1no[n+]([O-])c1-c1ccccc1)c1ccncc1. The maximum Gasteiger partial charge on any atom is 0.408 e. The lowest BCUT2D eigenvalue weighted by Gasteiger charge is -2.05. The van der Waals surface area contributed by atoms with Gasteiger partial charge in [-0.3, -0.25) is 14.4 Å². The molecule has 2 aromatic carbocycles. The van der Waals surface area contributed by atoms with Gasteiger partial charge in [0.2, 0.25) is 0 Å². The maximum absolute atomic E-state index is 12.1. The van der Waals surface area contributed by atoms with Gasteiger partial charge in [-0.2, -0.15) is 5.10 Å². The summed E-state index contributed by atoms with van der Waals surface area (Å²) in [4.78, 5) is 16.2. The van der Waals surface area contributed by atoms with Crippen LogP contribution in [0.4, 0.5) is 0 Å². The first-order valence-electron chi connectivity index (χ1n) is 8.88. The molecular weight excluding hydrogens is 386 g/mol. The summed E-state index contributed by atoms with van der Waals surface area (Å²) >= 11 is 0. The third-order valence-corrected chi connectivity index (χ3v) is 4.07. The molecule has 0 aliphatic heterocycles. The summed E-state index contributed by atoms with van der Waals surface area (Å²) in [6, 6.07) is 19.0. The van der Waals surface area contributed by atoms with Gasteiger partial charge >= 0.3 is 5.88 Å². The lowest BCUT2D eigenvalue weighted by molar-refractivity contribution is -0.793. The van der Waals surface area contributed by atoms with Crippen molar-refractivity contribution in [1.82, 2.24) is 15.6 Å². The number of hydrazone groups is 1. The lowest BCUT2D eigenvalue weighted by Crippen LogP contribution is -2.25. The molecule has 4 rings (SSSR count). The van der Waals surface area contributed by atoms with E-state index in [1.165, 1.54) is 18.6 Å². The summed E-state index contributed by atoms with van der Waals surface area (Å²) in [6.07, 6.45) is 4.47. The summed E-state index contributed by atoms with van der Waals surface area (Å²) < 4.78 is 10.5. The Balaban J connectivity index is 1.54. The molecule has 9 heteroatoms. The zero-order valence-electron chi connectivity index (χ0n) is 15.5. The van der Waals surface area contributed by atoms with Crippen molar-refractivity contribution in [1.29, 1.82) is 0 Å². The molecule has 0 aliphatic rings. The van der Waals surface area contributed by atoms with Crippen LogP contribution in [0.5, 0.6) is 11.6 Å². The minimum absolute atomic E-state index is 0.0119. The van der Waals surface area contributed by atoms with Crippen molar-refractivity contribution in [2.45, 2.75) is 0 Å². The molecule has 1 N–H and O–H groups in total. The van der Waals surface area contributed by atoms with Gasteiger partial charge in [0, 0.05) is 29.1 Å². The van der Waals surface area contributed by atoms with E-state index in [1.54, 1.807) is 60.7 Å². The number of ether oxygens (including phenoxy) is 1. The minimum Gasteiger partial charge on any atom is -0.415 e. The Kier molecular flexibility index (Phi) is 5.43. The Morgan fingerprint density at radius 1 is 1.07 bits per heavy atom. The molecule has 30 heavy (non-hydrogen) atoms. The van der Waals surface area contributed by atoms with Crippen LogP contribution >= 0.6 is 0 Å². The van der Waals surface area contributed by atoms with Gasteiger partial charge in [0.15, 0.2) is 0 Å². The van der Waals surface area contributed by atoms with E-state index < -0.39 is 0 Å². The quantitative estimate of drug-likeness (QED) is 0.302. The number of carbonyl (C=O) groups is 1. The summed E-state index contributed by atoms with van der Waals surface area (Å²) in [6.45, 7) is 0. The molecule has 4 aromatic rings. The van der Waals surface area contributed by atoms with Crippen LogP contribution in [0.25, 0.3) is 11.3 Å². The monoisotopic (exact) mass is 401 g/mol. The molecule has 1 amide bonds. The van der Waals surface area contributed by atoms with Gasteiger partial charge in [-0.05, 0) is 29.2 Å². The van der Waals surface area contributed by atoms with Crippen LogP contribution in [-0.4, -0.2) is 22.3 Å². The number of rotatable bonds is 6. The number of benzene rings is 2. The van der Waals surface area contributed by atoms with Crippen molar-refractivity contribution in [2.24, 2.45) is 5.10 Å². The first-order chi connectivity index (χ1) is 14.7. The lowest BCUT2D eigenvalue weighted by atomic mass is 10.1. The summed E-state index contributed by atoms with van der Waals surface area (Å²) in [5.74, 6) is 0.0191. The highest BCUT2D eigenvalue weighted by Crippen LogP contribution is 2.30. The number of pyridine rings is 1. The number of hydrogen-bond acceptors (Lipinski definition) is 7. The fourth-order valence-corrected chi connectivity index (χ4v) is 2.64. The Morgan fingerprint density at radius 3 is 2.60 bits per heavy atom. The standard InChI is InChI=1S/C21H15N5O4/c27-20(16-10-12-22-13-11-16)24-23-14-17-8-4-5-9-18(17)29-21-19(26(28)30-25-21)15-6-2-1-3-7-15/h1-14H,(H,24,27)/b23-14+. The van der Waals surface area contributed by atoms with Crippen molar-refractivity contribution in [3.05, 3.63) is 95.5 Å². The van der Waals surface area contributed by atoms with Gasteiger partial charge in [0.1, 0.15) is 5.75 Å². The molecule has 0 atom stereocenters. The van der Waals surface area contributed by atoms with E-state index in [1.807, 2.05) is 6.07 Å². The minimum atomic E-state index is -0.373. The molecule has 0 spiro atoms. The van der Waals surface area contributed by atoms with Crippen LogP contribution in [0.3, 0.4) is 0 Å². The van der Waals surface area contributed by atoms with Crippen molar-refractivity contribution in [2.75, 3.05) is 0 Å². The third-order valence-electron chi connectivity index (χ3n) is 4.07. The van der Waals surface area contributed by atoms with E-state index in [9.17, 15) is 10.0 Å². The average Bonchev–Trinajstić information content (AvgIpc) is 3.16.